The van der Waals surface area contributed by atoms with Gasteiger partial charge >= 0.3 is 0 Å². The molecule has 6 heteroatoms. The molecule has 5 nitrogen and oxygen atoms in total. The van der Waals surface area contributed by atoms with Crippen molar-refractivity contribution in [3.8, 4) is 28.6 Å². The van der Waals surface area contributed by atoms with Crippen molar-refractivity contribution in [3.05, 3.63) is 39.2 Å². The van der Waals surface area contributed by atoms with E-state index in [2.05, 4.69) is 0 Å². The third kappa shape index (κ3) is 1.73. The third-order valence-corrected chi connectivity index (χ3v) is 3.44. The number of rotatable bonds is 1. The first kappa shape index (κ1) is 11.6. The van der Waals surface area contributed by atoms with E-state index in [0.29, 0.717) is 5.76 Å². The summed E-state index contributed by atoms with van der Waals surface area (Å²) in [5, 5.41) is 32.0. The molecule has 0 unspecified atom stereocenters. The van der Waals surface area contributed by atoms with Crippen molar-refractivity contribution in [2.45, 2.75) is 0 Å². The smallest absolute Gasteiger partial charge is 0.201 e. The number of hydrogen-bond acceptors (Lipinski definition) is 6. The van der Waals surface area contributed by atoms with Crippen LogP contribution in [0.25, 0.3) is 22.3 Å². The molecule has 3 N–H and O–H groups in total. The van der Waals surface area contributed by atoms with Crippen LogP contribution in [0.4, 0.5) is 0 Å². The molecule has 3 rings (SSSR count). The predicted molar refractivity (Wildman–Crippen MR) is 70.8 cm³/mol. The Balaban J connectivity index is 2.39. The van der Waals surface area contributed by atoms with E-state index in [-0.39, 0.29) is 11.0 Å². The normalized spacial score (nSPS) is 10.9. The molecule has 0 spiro atoms. The van der Waals surface area contributed by atoms with Crippen LogP contribution in [-0.4, -0.2) is 15.3 Å². The lowest BCUT2D eigenvalue weighted by Crippen LogP contribution is -2.00. The summed E-state index contributed by atoms with van der Waals surface area (Å²) in [6.07, 6.45) is 0. The Labute approximate surface area is 110 Å². The molecular formula is C13H8O5S. The molecule has 0 aliphatic rings. The van der Waals surface area contributed by atoms with Crippen LogP contribution in [0, 0.1) is 0 Å². The zero-order chi connectivity index (χ0) is 13.6. The lowest BCUT2D eigenvalue weighted by atomic mass is 10.1. The number of aromatic hydroxyl groups is 3. The Morgan fingerprint density at radius 3 is 2.58 bits per heavy atom. The number of thiophene rings is 1. The molecule has 0 atom stereocenters. The molecule has 0 aliphatic carbocycles. The van der Waals surface area contributed by atoms with Crippen molar-refractivity contribution in [1.29, 1.82) is 0 Å². The van der Waals surface area contributed by atoms with Gasteiger partial charge in [0.2, 0.25) is 5.75 Å². The van der Waals surface area contributed by atoms with Crippen molar-refractivity contribution in [1.82, 2.24) is 0 Å². The van der Waals surface area contributed by atoms with E-state index in [1.54, 1.807) is 6.07 Å². The Morgan fingerprint density at radius 2 is 1.89 bits per heavy atom. The molecule has 19 heavy (non-hydrogen) atoms. The maximum Gasteiger partial charge on any atom is 0.201 e. The summed E-state index contributed by atoms with van der Waals surface area (Å²) in [5.41, 5.74) is 0.257. The standard InChI is InChI=1S/C13H8O5S/c14-7-3-9(6-1-2-19-5-6)18-10-4-8(15)12(16)13(17)11(7)10/h1-5,15-17H. The molecular weight excluding hydrogens is 268 g/mol. The molecule has 1 aromatic carbocycles. The first-order valence-electron chi connectivity index (χ1n) is 5.32. The van der Waals surface area contributed by atoms with E-state index in [9.17, 15) is 20.1 Å². The van der Waals surface area contributed by atoms with E-state index < -0.39 is 22.7 Å². The fourth-order valence-corrected chi connectivity index (χ4v) is 2.47. The van der Waals surface area contributed by atoms with Crippen LogP contribution in [0.3, 0.4) is 0 Å². The minimum absolute atomic E-state index is 0.0153. The van der Waals surface area contributed by atoms with Gasteiger partial charge in [0.25, 0.3) is 0 Å². The summed E-state index contributed by atoms with van der Waals surface area (Å²) < 4.78 is 5.48. The number of hydrogen-bond donors (Lipinski definition) is 3. The number of fused-ring (bicyclic) bond motifs is 1. The molecule has 2 heterocycles. The van der Waals surface area contributed by atoms with Crippen LogP contribution in [0.2, 0.25) is 0 Å². The van der Waals surface area contributed by atoms with Crippen LogP contribution >= 0.6 is 11.3 Å². The van der Waals surface area contributed by atoms with Gasteiger partial charge in [0.1, 0.15) is 16.7 Å². The minimum Gasteiger partial charge on any atom is -0.504 e. The van der Waals surface area contributed by atoms with Crippen molar-refractivity contribution < 1.29 is 19.7 Å². The highest BCUT2D eigenvalue weighted by Gasteiger charge is 2.17. The van der Waals surface area contributed by atoms with Gasteiger partial charge in [0.15, 0.2) is 16.9 Å². The van der Waals surface area contributed by atoms with Crippen molar-refractivity contribution in [2.75, 3.05) is 0 Å². The Kier molecular flexibility index (Phi) is 2.46. The van der Waals surface area contributed by atoms with Gasteiger partial charge in [-0.3, -0.25) is 4.79 Å². The van der Waals surface area contributed by atoms with Crippen LogP contribution < -0.4 is 5.43 Å². The van der Waals surface area contributed by atoms with Crippen LogP contribution in [-0.2, 0) is 0 Å². The van der Waals surface area contributed by atoms with Gasteiger partial charge in [-0.05, 0) is 11.4 Å². The second-order valence-electron chi connectivity index (χ2n) is 3.95. The maximum absolute atomic E-state index is 12.0. The predicted octanol–water partition coefficient (Wildman–Crippen LogP) is 2.64. The molecule has 0 amide bonds. The fourth-order valence-electron chi connectivity index (χ4n) is 1.83. The Morgan fingerprint density at radius 1 is 1.11 bits per heavy atom. The second-order valence-corrected chi connectivity index (χ2v) is 4.73. The van der Waals surface area contributed by atoms with E-state index >= 15 is 0 Å². The van der Waals surface area contributed by atoms with Gasteiger partial charge < -0.3 is 19.7 Å². The van der Waals surface area contributed by atoms with E-state index in [4.69, 9.17) is 4.42 Å². The molecule has 0 bridgehead atoms. The van der Waals surface area contributed by atoms with Crippen molar-refractivity contribution in [2.24, 2.45) is 0 Å². The minimum atomic E-state index is -0.733. The molecule has 0 aliphatic heterocycles. The van der Waals surface area contributed by atoms with E-state index in [1.165, 1.54) is 17.4 Å². The SMILES string of the molecule is O=c1cc(-c2ccsc2)oc2cc(O)c(O)c(O)c12. The number of benzene rings is 1. The van der Waals surface area contributed by atoms with Gasteiger partial charge in [-0.15, -0.1) is 0 Å². The molecule has 0 radical (unpaired) electrons. The highest BCUT2D eigenvalue weighted by molar-refractivity contribution is 7.08. The first-order valence-corrected chi connectivity index (χ1v) is 6.26. The van der Waals surface area contributed by atoms with E-state index in [0.717, 1.165) is 11.6 Å². The lowest BCUT2D eigenvalue weighted by Gasteiger charge is -2.06. The van der Waals surface area contributed by atoms with Crippen LogP contribution in [0.5, 0.6) is 17.2 Å². The summed E-state index contributed by atoms with van der Waals surface area (Å²) >= 11 is 1.45. The summed E-state index contributed by atoms with van der Waals surface area (Å²) in [5.74, 6) is -1.62. The maximum atomic E-state index is 12.0. The van der Waals surface area contributed by atoms with E-state index in [1.807, 2.05) is 10.8 Å². The lowest BCUT2D eigenvalue weighted by molar-refractivity contribution is 0.370. The summed E-state index contributed by atoms with van der Waals surface area (Å²) in [7, 11) is 0. The van der Waals surface area contributed by atoms with Crippen molar-refractivity contribution in [3.63, 3.8) is 0 Å². The van der Waals surface area contributed by atoms with Crippen LogP contribution in [0.1, 0.15) is 0 Å². The fraction of sp³-hybridized carbons (Fsp3) is 0. The monoisotopic (exact) mass is 276 g/mol. The highest BCUT2D eigenvalue weighted by atomic mass is 32.1. The second kappa shape index (κ2) is 4.03. The Bertz CT molecular complexity index is 817. The van der Waals surface area contributed by atoms with Gasteiger partial charge in [-0.25, -0.2) is 0 Å². The number of phenolic OH excluding ortho intramolecular Hbond substituents is 3. The molecule has 96 valence electrons. The highest BCUT2D eigenvalue weighted by Crippen LogP contribution is 2.40. The van der Waals surface area contributed by atoms with Gasteiger partial charge in [0, 0.05) is 23.1 Å². The molecule has 2 aromatic heterocycles. The molecule has 0 saturated heterocycles. The summed E-state index contributed by atoms with van der Waals surface area (Å²) in [6, 6.07) is 4.12. The molecule has 0 saturated carbocycles. The molecule has 0 fully saturated rings. The third-order valence-electron chi connectivity index (χ3n) is 2.75. The zero-order valence-corrected chi connectivity index (χ0v) is 10.3. The average molecular weight is 276 g/mol. The first-order chi connectivity index (χ1) is 9.08. The van der Waals surface area contributed by atoms with Gasteiger partial charge in [-0.2, -0.15) is 11.3 Å². The van der Waals surface area contributed by atoms with Gasteiger partial charge in [0.05, 0.1) is 0 Å². The summed E-state index contributed by atoms with van der Waals surface area (Å²) in [4.78, 5) is 12.0. The van der Waals surface area contributed by atoms with Crippen molar-refractivity contribution >= 4 is 22.3 Å². The molecule has 3 aromatic rings. The van der Waals surface area contributed by atoms with Crippen LogP contribution in [0.15, 0.2) is 38.2 Å². The topological polar surface area (TPSA) is 90.9 Å². The summed E-state index contributed by atoms with van der Waals surface area (Å²) in [6.45, 7) is 0. The number of phenols is 3. The van der Waals surface area contributed by atoms with Gasteiger partial charge in [-0.1, -0.05) is 0 Å². The zero-order valence-electron chi connectivity index (χ0n) is 9.45. The Hall–Kier alpha value is -2.47. The largest absolute Gasteiger partial charge is 0.504 e. The average Bonchev–Trinajstić information content (AvgIpc) is 2.89. The quantitative estimate of drug-likeness (QED) is 0.594.